The van der Waals surface area contributed by atoms with E-state index >= 15 is 0 Å². The van der Waals surface area contributed by atoms with Crippen molar-refractivity contribution in [2.75, 3.05) is 26.8 Å². The lowest BCUT2D eigenvalue weighted by Crippen LogP contribution is -2.42. The average molecular weight is 251 g/mol. The van der Waals surface area contributed by atoms with Gasteiger partial charge in [0.2, 0.25) is 0 Å². The van der Waals surface area contributed by atoms with Crippen LogP contribution in [-0.4, -0.2) is 26.8 Å². The van der Waals surface area contributed by atoms with E-state index in [0.717, 1.165) is 26.1 Å². The third-order valence-corrected chi connectivity index (χ3v) is 3.89. The number of halogens is 1. The third kappa shape index (κ3) is 3.53. The van der Waals surface area contributed by atoms with Crippen LogP contribution in [0.25, 0.3) is 0 Å². The van der Waals surface area contributed by atoms with Crippen molar-refractivity contribution < 1.29 is 9.13 Å². The predicted molar refractivity (Wildman–Crippen MR) is 71.1 cm³/mol. The van der Waals surface area contributed by atoms with Crippen molar-refractivity contribution in [3.05, 3.63) is 35.6 Å². The van der Waals surface area contributed by atoms with Gasteiger partial charge in [0, 0.05) is 20.2 Å². The summed E-state index contributed by atoms with van der Waals surface area (Å²) < 4.78 is 17.9. The molecule has 3 heteroatoms. The van der Waals surface area contributed by atoms with Gasteiger partial charge < -0.3 is 10.1 Å². The van der Waals surface area contributed by atoms with Gasteiger partial charge in [-0.1, -0.05) is 18.6 Å². The lowest BCUT2D eigenvalue weighted by atomic mass is 9.65. The number of methoxy groups -OCH3 is 1. The topological polar surface area (TPSA) is 21.3 Å². The van der Waals surface area contributed by atoms with Crippen LogP contribution in [0.5, 0.6) is 0 Å². The van der Waals surface area contributed by atoms with Crippen molar-refractivity contribution in [1.29, 1.82) is 0 Å². The summed E-state index contributed by atoms with van der Waals surface area (Å²) in [5.41, 5.74) is 1.62. The highest BCUT2D eigenvalue weighted by Crippen LogP contribution is 2.43. The lowest BCUT2D eigenvalue weighted by molar-refractivity contribution is 0.123. The summed E-state index contributed by atoms with van der Waals surface area (Å²) in [6.07, 6.45) is 4.90. The summed E-state index contributed by atoms with van der Waals surface area (Å²) in [5, 5.41) is 3.46. The second-order valence-corrected chi connectivity index (χ2v) is 5.33. The van der Waals surface area contributed by atoms with Crippen LogP contribution in [0.15, 0.2) is 24.3 Å². The van der Waals surface area contributed by atoms with Gasteiger partial charge in [-0.3, -0.25) is 0 Å². The fraction of sp³-hybridized carbons (Fsp3) is 0.600. The Morgan fingerprint density at radius 3 is 2.56 bits per heavy atom. The van der Waals surface area contributed by atoms with E-state index in [-0.39, 0.29) is 5.82 Å². The molecular formula is C15H22FNO. The van der Waals surface area contributed by atoms with Crippen LogP contribution in [-0.2, 0) is 11.2 Å². The van der Waals surface area contributed by atoms with Crippen LogP contribution in [0.4, 0.5) is 4.39 Å². The van der Waals surface area contributed by atoms with Crippen molar-refractivity contribution in [3.63, 3.8) is 0 Å². The van der Waals surface area contributed by atoms with Crippen molar-refractivity contribution in [1.82, 2.24) is 5.32 Å². The summed E-state index contributed by atoms with van der Waals surface area (Å²) in [6, 6.07) is 6.93. The molecule has 2 rings (SSSR count). The fourth-order valence-electron chi connectivity index (χ4n) is 2.66. The monoisotopic (exact) mass is 251 g/mol. The molecule has 0 spiro atoms. The zero-order valence-corrected chi connectivity index (χ0v) is 11.0. The van der Waals surface area contributed by atoms with E-state index in [2.05, 4.69) is 5.32 Å². The first-order chi connectivity index (χ1) is 8.74. The minimum atomic E-state index is -0.153. The van der Waals surface area contributed by atoms with Gasteiger partial charge in [0.25, 0.3) is 0 Å². The Morgan fingerprint density at radius 2 is 2.00 bits per heavy atom. The molecule has 0 saturated heterocycles. The van der Waals surface area contributed by atoms with Crippen molar-refractivity contribution >= 4 is 0 Å². The smallest absolute Gasteiger partial charge is 0.123 e. The molecule has 1 aliphatic carbocycles. The van der Waals surface area contributed by atoms with E-state index in [1.54, 1.807) is 19.2 Å². The molecule has 0 aromatic heterocycles. The maximum Gasteiger partial charge on any atom is 0.123 e. The first-order valence-electron chi connectivity index (χ1n) is 6.68. The second-order valence-electron chi connectivity index (χ2n) is 5.33. The van der Waals surface area contributed by atoms with E-state index in [1.807, 2.05) is 12.1 Å². The lowest BCUT2D eigenvalue weighted by Gasteiger charge is -2.42. The molecule has 0 bridgehead atoms. The average Bonchev–Trinajstić information content (AvgIpc) is 2.34. The molecule has 0 unspecified atom stereocenters. The molecule has 100 valence electrons. The largest absolute Gasteiger partial charge is 0.383 e. The Kier molecular flexibility index (Phi) is 4.72. The van der Waals surface area contributed by atoms with Crippen LogP contribution >= 0.6 is 0 Å². The minimum Gasteiger partial charge on any atom is -0.383 e. The minimum absolute atomic E-state index is 0.153. The van der Waals surface area contributed by atoms with Crippen LogP contribution in [0, 0.1) is 11.2 Å². The molecule has 18 heavy (non-hydrogen) atoms. The fourth-order valence-corrected chi connectivity index (χ4v) is 2.66. The Balaban J connectivity index is 1.85. The molecule has 0 atom stereocenters. The van der Waals surface area contributed by atoms with Gasteiger partial charge in [0.15, 0.2) is 0 Å². The molecule has 1 aliphatic rings. The van der Waals surface area contributed by atoms with E-state index in [4.69, 9.17) is 4.74 Å². The Bertz CT molecular complexity index is 359. The van der Waals surface area contributed by atoms with E-state index in [9.17, 15) is 4.39 Å². The number of nitrogens with one attached hydrogen (secondary N) is 1. The highest BCUT2D eigenvalue weighted by atomic mass is 19.1. The number of hydrogen-bond donors (Lipinski definition) is 1. The number of benzene rings is 1. The van der Waals surface area contributed by atoms with Gasteiger partial charge >= 0.3 is 0 Å². The Labute approximate surface area is 109 Å². The zero-order valence-electron chi connectivity index (χ0n) is 11.0. The highest BCUT2D eigenvalue weighted by molar-refractivity contribution is 5.18. The molecule has 0 aliphatic heterocycles. The molecule has 1 fully saturated rings. The summed E-state index contributed by atoms with van der Waals surface area (Å²) in [4.78, 5) is 0. The normalized spacial score (nSPS) is 17.4. The molecule has 0 amide bonds. The van der Waals surface area contributed by atoms with E-state index in [1.165, 1.54) is 24.8 Å². The first kappa shape index (κ1) is 13.5. The Hall–Kier alpha value is -0.930. The molecule has 0 radical (unpaired) electrons. The first-order valence-corrected chi connectivity index (χ1v) is 6.68. The standard InChI is InChI=1S/C15H22FNO/c1-18-10-9-17-12-15(7-2-8-15)11-13-3-5-14(16)6-4-13/h3-6,17H,2,7-12H2,1H3. The van der Waals surface area contributed by atoms with Gasteiger partial charge in [-0.2, -0.15) is 0 Å². The van der Waals surface area contributed by atoms with Crippen LogP contribution < -0.4 is 5.32 Å². The summed E-state index contributed by atoms with van der Waals surface area (Å²) in [5.74, 6) is -0.153. The van der Waals surface area contributed by atoms with Crippen LogP contribution in [0.1, 0.15) is 24.8 Å². The summed E-state index contributed by atoms with van der Waals surface area (Å²) in [6.45, 7) is 2.70. The third-order valence-electron chi connectivity index (χ3n) is 3.89. The summed E-state index contributed by atoms with van der Waals surface area (Å²) in [7, 11) is 1.72. The molecule has 1 aromatic carbocycles. The molecule has 2 nitrogen and oxygen atoms in total. The van der Waals surface area contributed by atoms with Gasteiger partial charge in [0.05, 0.1) is 6.61 Å². The molecule has 1 aromatic rings. The van der Waals surface area contributed by atoms with Gasteiger partial charge in [-0.05, 0) is 42.4 Å². The van der Waals surface area contributed by atoms with Gasteiger partial charge in [0.1, 0.15) is 5.82 Å². The number of hydrogen-bond acceptors (Lipinski definition) is 2. The van der Waals surface area contributed by atoms with Crippen molar-refractivity contribution in [2.24, 2.45) is 5.41 Å². The van der Waals surface area contributed by atoms with Crippen LogP contribution in [0.2, 0.25) is 0 Å². The van der Waals surface area contributed by atoms with Crippen molar-refractivity contribution in [2.45, 2.75) is 25.7 Å². The maximum atomic E-state index is 12.9. The van der Waals surface area contributed by atoms with Crippen LogP contribution in [0.3, 0.4) is 0 Å². The molecule has 0 heterocycles. The second kappa shape index (κ2) is 6.30. The summed E-state index contributed by atoms with van der Waals surface area (Å²) >= 11 is 0. The van der Waals surface area contributed by atoms with Crippen molar-refractivity contribution in [3.8, 4) is 0 Å². The van der Waals surface area contributed by atoms with Gasteiger partial charge in [-0.25, -0.2) is 4.39 Å². The predicted octanol–water partition coefficient (Wildman–Crippen LogP) is 2.77. The SMILES string of the molecule is COCCNCC1(Cc2ccc(F)cc2)CCC1. The number of rotatable bonds is 7. The molecular weight excluding hydrogens is 229 g/mol. The molecule has 1 N–H and O–H groups in total. The van der Waals surface area contributed by atoms with Gasteiger partial charge in [-0.15, -0.1) is 0 Å². The highest BCUT2D eigenvalue weighted by Gasteiger charge is 2.36. The van der Waals surface area contributed by atoms with E-state index in [0.29, 0.717) is 5.41 Å². The van der Waals surface area contributed by atoms with E-state index < -0.39 is 0 Å². The number of ether oxygens (including phenoxy) is 1. The zero-order chi connectivity index (χ0) is 12.8. The maximum absolute atomic E-state index is 12.9. The quantitative estimate of drug-likeness (QED) is 0.752. The molecule has 1 saturated carbocycles. The Morgan fingerprint density at radius 1 is 1.28 bits per heavy atom.